The fourth-order valence-electron chi connectivity index (χ4n) is 1.97. The van der Waals surface area contributed by atoms with Crippen LogP contribution in [0.15, 0.2) is 24.3 Å². The van der Waals surface area contributed by atoms with E-state index in [1.165, 1.54) is 5.56 Å². The summed E-state index contributed by atoms with van der Waals surface area (Å²) < 4.78 is 0. The van der Waals surface area contributed by atoms with Crippen molar-refractivity contribution in [3.63, 3.8) is 0 Å². The van der Waals surface area contributed by atoms with Crippen molar-refractivity contribution >= 4 is 5.91 Å². The highest BCUT2D eigenvalue weighted by Gasteiger charge is 2.51. The van der Waals surface area contributed by atoms with E-state index in [9.17, 15) is 4.79 Å². The summed E-state index contributed by atoms with van der Waals surface area (Å²) >= 11 is 0. The number of nitrogens with one attached hydrogen (secondary N) is 1. The van der Waals surface area contributed by atoms with Gasteiger partial charge in [0.1, 0.15) is 0 Å². The van der Waals surface area contributed by atoms with Gasteiger partial charge >= 0.3 is 0 Å². The molecule has 0 unspecified atom stereocenters. The number of carbonyl (C=O) groups is 1. The Hall–Kier alpha value is -1.31. The molecule has 1 aromatic rings. The van der Waals surface area contributed by atoms with Crippen LogP contribution in [0.1, 0.15) is 28.8 Å². The largest absolute Gasteiger partial charge is 0.342 e. The van der Waals surface area contributed by atoms with Gasteiger partial charge in [-0.1, -0.05) is 18.2 Å². The zero-order valence-corrected chi connectivity index (χ0v) is 6.63. The first-order valence-corrected chi connectivity index (χ1v) is 4.24. The van der Waals surface area contributed by atoms with Crippen molar-refractivity contribution in [1.29, 1.82) is 0 Å². The lowest BCUT2D eigenvalue weighted by Crippen LogP contribution is -2.25. The van der Waals surface area contributed by atoms with E-state index in [0.717, 1.165) is 18.4 Å². The van der Waals surface area contributed by atoms with Gasteiger partial charge in [-0.25, -0.2) is 0 Å². The molecule has 1 aliphatic heterocycles. The molecule has 3 rings (SSSR count). The Morgan fingerprint density at radius 1 is 1.25 bits per heavy atom. The highest BCUT2D eigenvalue weighted by atomic mass is 16.2. The number of fused-ring (bicyclic) bond motifs is 2. The van der Waals surface area contributed by atoms with Gasteiger partial charge in [0.05, 0.1) is 5.54 Å². The van der Waals surface area contributed by atoms with Crippen molar-refractivity contribution in [1.82, 2.24) is 5.32 Å². The average Bonchev–Trinajstić information content (AvgIpc) is 2.79. The van der Waals surface area contributed by atoms with Crippen LogP contribution in [-0.2, 0) is 5.54 Å². The highest BCUT2D eigenvalue weighted by Crippen LogP contribution is 2.49. The van der Waals surface area contributed by atoms with Gasteiger partial charge in [0.15, 0.2) is 0 Å². The zero-order chi connectivity index (χ0) is 8.18. The van der Waals surface area contributed by atoms with E-state index < -0.39 is 0 Å². The van der Waals surface area contributed by atoms with Crippen molar-refractivity contribution in [2.24, 2.45) is 0 Å². The minimum atomic E-state index is 0.0493. The summed E-state index contributed by atoms with van der Waals surface area (Å²) in [7, 11) is 0. The second-order valence-electron chi connectivity index (χ2n) is 3.58. The van der Waals surface area contributed by atoms with Crippen LogP contribution >= 0.6 is 0 Å². The second-order valence-corrected chi connectivity index (χ2v) is 3.58. The van der Waals surface area contributed by atoms with Gasteiger partial charge in [-0.2, -0.15) is 0 Å². The molecule has 2 heteroatoms. The summed E-state index contributed by atoms with van der Waals surface area (Å²) in [5, 5.41) is 3.03. The molecule has 1 amide bonds. The summed E-state index contributed by atoms with van der Waals surface area (Å²) in [6.07, 6.45) is 2.21. The molecule has 0 radical (unpaired) electrons. The molecule has 1 N–H and O–H groups in total. The van der Waals surface area contributed by atoms with E-state index in [-0.39, 0.29) is 11.4 Å². The monoisotopic (exact) mass is 159 g/mol. The molecule has 0 saturated heterocycles. The van der Waals surface area contributed by atoms with Gasteiger partial charge < -0.3 is 5.32 Å². The van der Waals surface area contributed by atoms with Gasteiger partial charge in [-0.05, 0) is 24.5 Å². The molecule has 0 atom stereocenters. The zero-order valence-electron chi connectivity index (χ0n) is 6.63. The smallest absolute Gasteiger partial charge is 0.252 e. The lowest BCUT2D eigenvalue weighted by molar-refractivity contribution is 0.0952. The Morgan fingerprint density at radius 3 is 2.75 bits per heavy atom. The highest BCUT2D eigenvalue weighted by molar-refractivity contribution is 6.00. The summed E-state index contributed by atoms with van der Waals surface area (Å²) in [5.41, 5.74) is 2.12. The molecule has 1 aliphatic carbocycles. The molecule has 1 saturated carbocycles. The fourth-order valence-corrected chi connectivity index (χ4v) is 1.97. The van der Waals surface area contributed by atoms with Crippen LogP contribution in [0.3, 0.4) is 0 Å². The van der Waals surface area contributed by atoms with Crippen molar-refractivity contribution in [3.8, 4) is 0 Å². The molecule has 1 spiro atoms. The first kappa shape index (κ1) is 6.23. The van der Waals surface area contributed by atoms with Crippen LogP contribution < -0.4 is 5.32 Å². The maximum absolute atomic E-state index is 11.4. The van der Waals surface area contributed by atoms with Gasteiger partial charge in [-0.15, -0.1) is 0 Å². The fraction of sp³-hybridized carbons (Fsp3) is 0.300. The topological polar surface area (TPSA) is 29.1 Å². The first-order chi connectivity index (χ1) is 5.82. The SMILES string of the molecule is O=C1NC2(CC2)c2ccccc21. The molecule has 1 fully saturated rings. The minimum Gasteiger partial charge on any atom is -0.342 e. The molecule has 2 nitrogen and oxygen atoms in total. The van der Waals surface area contributed by atoms with Crippen molar-refractivity contribution in [2.45, 2.75) is 18.4 Å². The lowest BCUT2D eigenvalue weighted by atomic mass is 10.0. The molecular weight excluding hydrogens is 150 g/mol. The van der Waals surface area contributed by atoms with Gasteiger partial charge in [0, 0.05) is 5.56 Å². The van der Waals surface area contributed by atoms with E-state index in [0.29, 0.717) is 0 Å². The Kier molecular flexibility index (Phi) is 0.888. The molecule has 12 heavy (non-hydrogen) atoms. The Morgan fingerprint density at radius 2 is 2.00 bits per heavy atom. The van der Waals surface area contributed by atoms with Crippen LogP contribution in [-0.4, -0.2) is 5.91 Å². The number of amides is 1. The van der Waals surface area contributed by atoms with E-state index in [1.807, 2.05) is 18.2 Å². The summed E-state index contributed by atoms with van der Waals surface area (Å²) in [6, 6.07) is 7.87. The predicted molar refractivity (Wildman–Crippen MR) is 44.8 cm³/mol. The third-order valence-corrected chi connectivity index (χ3v) is 2.79. The third kappa shape index (κ3) is 0.583. The van der Waals surface area contributed by atoms with Crippen molar-refractivity contribution in [2.75, 3.05) is 0 Å². The maximum atomic E-state index is 11.4. The van der Waals surface area contributed by atoms with Crippen molar-refractivity contribution in [3.05, 3.63) is 35.4 Å². The third-order valence-electron chi connectivity index (χ3n) is 2.79. The number of hydrogen-bond acceptors (Lipinski definition) is 1. The number of rotatable bonds is 0. The van der Waals surface area contributed by atoms with E-state index >= 15 is 0 Å². The number of benzene rings is 1. The summed E-state index contributed by atoms with van der Waals surface area (Å²) in [6.45, 7) is 0. The van der Waals surface area contributed by atoms with Crippen LogP contribution in [0.4, 0.5) is 0 Å². The van der Waals surface area contributed by atoms with Crippen molar-refractivity contribution < 1.29 is 4.79 Å². The Bertz CT molecular complexity index is 366. The summed E-state index contributed by atoms with van der Waals surface area (Å²) in [4.78, 5) is 11.4. The quantitative estimate of drug-likeness (QED) is 0.609. The Labute approximate surface area is 70.6 Å². The molecule has 0 bridgehead atoms. The number of carbonyl (C=O) groups excluding carboxylic acids is 1. The standard InChI is InChI=1S/C10H9NO/c12-9-7-3-1-2-4-8(7)10(11-9)5-6-10/h1-4H,5-6H2,(H,11,12). The number of hydrogen-bond donors (Lipinski definition) is 1. The second kappa shape index (κ2) is 1.71. The molecule has 2 aliphatic rings. The molecule has 1 heterocycles. The molecule has 60 valence electrons. The predicted octanol–water partition coefficient (Wildman–Crippen LogP) is 1.42. The minimum absolute atomic E-state index is 0.0493. The van der Waals surface area contributed by atoms with E-state index in [4.69, 9.17) is 0 Å². The molecule has 1 aromatic carbocycles. The molecule has 0 aromatic heterocycles. The van der Waals surface area contributed by atoms with Gasteiger partial charge in [0.25, 0.3) is 5.91 Å². The van der Waals surface area contributed by atoms with Crippen LogP contribution in [0.2, 0.25) is 0 Å². The van der Waals surface area contributed by atoms with Gasteiger partial charge in [0.2, 0.25) is 0 Å². The molecular formula is C10H9NO. The Balaban J connectivity index is 2.27. The summed E-state index contributed by atoms with van der Waals surface area (Å²) in [5.74, 6) is 0.100. The van der Waals surface area contributed by atoms with E-state index in [1.54, 1.807) is 0 Å². The van der Waals surface area contributed by atoms with Crippen LogP contribution in [0.25, 0.3) is 0 Å². The average molecular weight is 159 g/mol. The maximum Gasteiger partial charge on any atom is 0.252 e. The van der Waals surface area contributed by atoms with Gasteiger partial charge in [-0.3, -0.25) is 4.79 Å². The van der Waals surface area contributed by atoms with E-state index in [2.05, 4.69) is 11.4 Å². The van der Waals surface area contributed by atoms with Crippen LogP contribution in [0.5, 0.6) is 0 Å². The first-order valence-electron chi connectivity index (χ1n) is 4.24. The lowest BCUT2D eigenvalue weighted by Gasteiger charge is -2.06. The van der Waals surface area contributed by atoms with Crippen LogP contribution in [0, 0.1) is 0 Å². The normalized spacial score (nSPS) is 22.2.